The number of aliphatic hydroxyl groups is 2. The second kappa shape index (κ2) is 10.1. The number of nitrogens with one attached hydrogen (secondary N) is 1. The molecule has 3 aromatic rings. The number of piperidine rings is 1. The van der Waals surface area contributed by atoms with Gasteiger partial charge in [-0.25, -0.2) is 19.9 Å². The predicted octanol–water partition coefficient (Wildman–Crippen LogP) is 2.01. The van der Waals surface area contributed by atoms with E-state index in [0.29, 0.717) is 30.7 Å². The van der Waals surface area contributed by atoms with Crippen molar-refractivity contribution in [2.24, 2.45) is 0 Å². The number of morpholine rings is 1. The quantitative estimate of drug-likeness (QED) is 0.499. The van der Waals surface area contributed by atoms with Crippen LogP contribution in [0.1, 0.15) is 37.1 Å². The number of fused-ring (bicyclic) bond motifs is 1. The summed E-state index contributed by atoms with van der Waals surface area (Å²) >= 11 is 0. The molecule has 5 heterocycles. The Labute approximate surface area is 198 Å². The van der Waals surface area contributed by atoms with E-state index in [2.05, 4.69) is 31.2 Å². The Morgan fingerprint density at radius 1 is 1.09 bits per heavy atom. The molecular weight excluding hydrogens is 434 g/mol. The van der Waals surface area contributed by atoms with Gasteiger partial charge in [0.15, 0.2) is 5.82 Å². The number of hydrogen-bond donors (Lipinski definition) is 3. The van der Waals surface area contributed by atoms with Gasteiger partial charge in [0.2, 0.25) is 5.95 Å². The van der Waals surface area contributed by atoms with Crippen LogP contribution in [0.25, 0.3) is 10.9 Å². The molecule has 180 valence electrons. The number of anilines is 3. The van der Waals surface area contributed by atoms with Gasteiger partial charge in [-0.05, 0) is 37.5 Å². The number of pyridine rings is 2. The lowest BCUT2D eigenvalue weighted by molar-refractivity contribution is 0.0792. The molecule has 0 aromatic carbocycles. The van der Waals surface area contributed by atoms with E-state index in [9.17, 15) is 10.2 Å². The summed E-state index contributed by atoms with van der Waals surface area (Å²) in [5.74, 6) is 1.84. The minimum atomic E-state index is -0.681. The van der Waals surface area contributed by atoms with Crippen molar-refractivity contribution in [3.05, 3.63) is 41.9 Å². The highest BCUT2D eigenvalue weighted by atomic mass is 16.5. The molecule has 34 heavy (non-hydrogen) atoms. The lowest BCUT2D eigenvalue weighted by Crippen LogP contribution is -2.37. The molecule has 0 saturated carbocycles. The van der Waals surface area contributed by atoms with Gasteiger partial charge in [0.1, 0.15) is 11.3 Å². The zero-order chi connectivity index (χ0) is 23.5. The number of rotatable bonds is 6. The van der Waals surface area contributed by atoms with Crippen molar-refractivity contribution in [3.63, 3.8) is 0 Å². The molecule has 1 atom stereocenters. The fourth-order valence-corrected chi connectivity index (χ4v) is 4.35. The molecule has 0 spiro atoms. The fraction of sp³-hybridized carbons (Fsp3) is 0.500. The first-order chi connectivity index (χ1) is 16.5. The van der Waals surface area contributed by atoms with Gasteiger partial charge in [0.25, 0.3) is 0 Å². The van der Waals surface area contributed by atoms with Gasteiger partial charge >= 0.3 is 0 Å². The summed E-state index contributed by atoms with van der Waals surface area (Å²) in [6, 6.07) is 5.82. The molecule has 0 amide bonds. The molecule has 0 bridgehead atoms. The van der Waals surface area contributed by atoms with Crippen LogP contribution in [-0.2, 0) is 11.3 Å². The molecule has 2 saturated heterocycles. The third-order valence-electron chi connectivity index (χ3n) is 6.33. The van der Waals surface area contributed by atoms with Crippen LogP contribution in [0.15, 0.2) is 30.6 Å². The van der Waals surface area contributed by atoms with Crippen molar-refractivity contribution >= 4 is 28.5 Å². The summed E-state index contributed by atoms with van der Waals surface area (Å²) in [5, 5.41) is 23.8. The topological polar surface area (TPSA) is 120 Å². The standard InChI is InChI=1S/C24H31N7O3/c1-16(32)20-12-18-14-26-24(29-22(18)23(27-20)31-8-10-34-11-9-31)28-21-3-2-17(13-25-21)15-30-6-4-19(33)5-7-30/h2-3,12-14,16,19,32-33H,4-11,15H2,1H3,(H,25,26,28,29). The lowest BCUT2D eigenvalue weighted by atomic mass is 10.1. The first kappa shape index (κ1) is 22.9. The third kappa shape index (κ3) is 5.25. The van der Waals surface area contributed by atoms with E-state index in [4.69, 9.17) is 14.7 Å². The van der Waals surface area contributed by atoms with E-state index < -0.39 is 6.10 Å². The van der Waals surface area contributed by atoms with Crippen molar-refractivity contribution in [2.45, 2.75) is 38.5 Å². The molecule has 10 nitrogen and oxygen atoms in total. The van der Waals surface area contributed by atoms with Crippen molar-refractivity contribution < 1.29 is 14.9 Å². The number of nitrogens with zero attached hydrogens (tertiary/aromatic N) is 6. The fourth-order valence-electron chi connectivity index (χ4n) is 4.35. The van der Waals surface area contributed by atoms with Crippen LogP contribution in [0.4, 0.5) is 17.6 Å². The molecule has 2 fully saturated rings. The Morgan fingerprint density at radius 3 is 2.59 bits per heavy atom. The minimum Gasteiger partial charge on any atom is -0.393 e. The molecule has 1 unspecified atom stereocenters. The molecule has 2 aliphatic heterocycles. The number of aromatic nitrogens is 4. The zero-order valence-corrected chi connectivity index (χ0v) is 19.4. The Bertz CT molecular complexity index is 1110. The number of ether oxygens (including phenoxy) is 1. The van der Waals surface area contributed by atoms with E-state index in [-0.39, 0.29) is 6.10 Å². The van der Waals surface area contributed by atoms with Gasteiger partial charge in [-0.15, -0.1) is 0 Å². The first-order valence-corrected chi connectivity index (χ1v) is 11.9. The second-order valence-electron chi connectivity index (χ2n) is 8.96. The molecule has 5 rings (SSSR count). The molecular formula is C24H31N7O3. The highest BCUT2D eigenvalue weighted by molar-refractivity contribution is 5.89. The van der Waals surface area contributed by atoms with E-state index in [1.54, 1.807) is 13.1 Å². The van der Waals surface area contributed by atoms with Crippen LogP contribution in [0.5, 0.6) is 0 Å². The van der Waals surface area contributed by atoms with Gasteiger partial charge in [-0.2, -0.15) is 0 Å². The Balaban J connectivity index is 1.35. The highest BCUT2D eigenvalue weighted by Crippen LogP contribution is 2.28. The molecule has 10 heteroatoms. The molecule has 3 aromatic heterocycles. The summed E-state index contributed by atoms with van der Waals surface area (Å²) in [6.45, 7) is 7.04. The molecule has 3 N–H and O–H groups in total. The van der Waals surface area contributed by atoms with Gasteiger partial charge in [0, 0.05) is 50.5 Å². The smallest absolute Gasteiger partial charge is 0.229 e. The lowest BCUT2D eigenvalue weighted by Gasteiger charge is -2.29. The maximum Gasteiger partial charge on any atom is 0.229 e. The first-order valence-electron chi connectivity index (χ1n) is 11.9. The van der Waals surface area contributed by atoms with Crippen LogP contribution in [0.2, 0.25) is 0 Å². The summed E-state index contributed by atoms with van der Waals surface area (Å²) in [4.78, 5) is 22.9. The number of likely N-dealkylation sites (tertiary alicyclic amines) is 1. The van der Waals surface area contributed by atoms with Gasteiger partial charge in [0.05, 0.1) is 31.1 Å². The number of hydrogen-bond acceptors (Lipinski definition) is 10. The largest absolute Gasteiger partial charge is 0.393 e. The average molecular weight is 466 g/mol. The maximum absolute atomic E-state index is 10.1. The summed E-state index contributed by atoms with van der Waals surface area (Å²) in [6.07, 6.45) is 4.42. The predicted molar refractivity (Wildman–Crippen MR) is 129 cm³/mol. The summed E-state index contributed by atoms with van der Waals surface area (Å²) in [5.41, 5.74) is 2.46. The summed E-state index contributed by atoms with van der Waals surface area (Å²) < 4.78 is 5.49. The van der Waals surface area contributed by atoms with E-state index >= 15 is 0 Å². The summed E-state index contributed by atoms with van der Waals surface area (Å²) in [7, 11) is 0. The Morgan fingerprint density at radius 2 is 1.88 bits per heavy atom. The van der Waals surface area contributed by atoms with Crippen LogP contribution in [-0.4, -0.2) is 80.5 Å². The van der Waals surface area contributed by atoms with Crippen molar-refractivity contribution in [1.82, 2.24) is 24.8 Å². The van der Waals surface area contributed by atoms with Crippen molar-refractivity contribution in [2.75, 3.05) is 49.6 Å². The number of aliphatic hydroxyl groups excluding tert-OH is 2. The van der Waals surface area contributed by atoms with E-state index in [0.717, 1.165) is 67.8 Å². The normalized spacial score (nSPS) is 18.9. The van der Waals surface area contributed by atoms with E-state index in [1.807, 2.05) is 18.3 Å². The van der Waals surface area contributed by atoms with Gasteiger partial charge in [-0.1, -0.05) is 6.07 Å². The average Bonchev–Trinajstić information content (AvgIpc) is 2.86. The van der Waals surface area contributed by atoms with Crippen LogP contribution in [0, 0.1) is 0 Å². The Kier molecular flexibility index (Phi) is 6.82. The van der Waals surface area contributed by atoms with Crippen LogP contribution >= 0.6 is 0 Å². The van der Waals surface area contributed by atoms with Crippen molar-refractivity contribution in [3.8, 4) is 0 Å². The maximum atomic E-state index is 10.1. The highest BCUT2D eigenvalue weighted by Gasteiger charge is 2.20. The monoisotopic (exact) mass is 465 g/mol. The molecule has 0 radical (unpaired) electrons. The second-order valence-corrected chi connectivity index (χ2v) is 8.96. The Hall–Kier alpha value is -2.92. The van der Waals surface area contributed by atoms with Crippen LogP contribution in [0.3, 0.4) is 0 Å². The minimum absolute atomic E-state index is 0.166. The van der Waals surface area contributed by atoms with Crippen LogP contribution < -0.4 is 10.2 Å². The van der Waals surface area contributed by atoms with Gasteiger partial charge in [-0.3, -0.25) is 4.90 Å². The molecule has 2 aliphatic rings. The molecule has 0 aliphatic carbocycles. The zero-order valence-electron chi connectivity index (χ0n) is 19.4. The third-order valence-corrected chi connectivity index (χ3v) is 6.33. The van der Waals surface area contributed by atoms with Crippen molar-refractivity contribution in [1.29, 1.82) is 0 Å². The van der Waals surface area contributed by atoms with Gasteiger partial charge < -0.3 is 25.2 Å². The van der Waals surface area contributed by atoms with E-state index in [1.165, 1.54) is 0 Å². The SMILES string of the molecule is CC(O)c1cc2cnc(Nc3ccc(CN4CCC(O)CC4)cn3)nc2c(N2CCOCC2)n1.